The molecule has 0 aliphatic heterocycles. The molecule has 0 radical (unpaired) electrons. The van der Waals surface area contributed by atoms with Crippen molar-refractivity contribution in [1.29, 1.82) is 0 Å². The van der Waals surface area contributed by atoms with Crippen molar-refractivity contribution in [2.75, 3.05) is 0 Å². The van der Waals surface area contributed by atoms with E-state index in [0.717, 1.165) is 22.9 Å². The second kappa shape index (κ2) is 7.43. The van der Waals surface area contributed by atoms with Gasteiger partial charge in [0.05, 0.1) is 11.7 Å². The summed E-state index contributed by atoms with van der Waals surface area (Å²) in [5, 5.41) is 5.15. The van der Waals surface area contributed by atoms with Crippen molar-refractivity contribution in [2.24, 2.45) is 22.9 Å². The smallest absolute Gasteiger partial charge is 0.243 e. The fraction of sp³-hybridized carbons (Fsp3) is 0.286. The van der Waals surface area contributed by atoms with Crippen LogP contribution in [-0.2, 0) is 4.79 Å². The molecular formula is C21H23N3O. The Morgan fingerprint density at radius 3 is 2.96 bits per heavy atom. The van der Waals surface area contributed by atoms with E-state index in [1.807, 2.05) is 36.4 Å². The van der Waals surface area contributed by atoms with Crippen molar-refractivity contribution in [3.8, 4) is 0 Å². The standard InChI is InChI=1S/C21H23N3O/c1-4-16(10-14(2)3)18-12-19(18)21(25)24-23-13-15-7-8-20-17(11-15)6-5-9-22-20/h4-11,13-14,18-19H,1,12H2,2-3H3,(H,24,25)/b16-10+,23-13+. The molecule has 2 aromatic rings. The summed E-state index contributed by atoms with van der Waals surface area (Å²) in [7, 11) is 0. The van der Waals surface area contributed by atoms with Gasteiger partial charge in [-0.15, -0.1) is 0 Å². The molecule has 3 rings (SSSR count). The summed E-state index contributed by atoms with van der Waals surface area (Å²) in [6.45, 7) is 8.12. The summed E-state index contributed by atoms with van der Waals surface area (Å²) in [4.78, 5) is 16.5. The summed E-state index contributed by atoms with van der Waals surface area (Å²) in [5.41, 5.74) is 5.70. The van der Waals surface area contributed by atoms with E-state index in [-0.39, 0.29) is 17.7 Å². The largest absolute Gasteiger partial charge is 0.273 e. The number of pyridine rings is 1. The second-order valence-electron chi connectivity index (χ2n) is 6.75. The molecule has 1 aliphatic rings. The lowest BCUT2D eigenvalue weighted by atomic mass is 10.0. The highest BCUT2D eigenvalue weighted by Gasteiger charge is 2.44. The Hall–Kier alpha value is -2.75. The van der Waals surface area contributed by atoms with Gasteiger partial charge in [0.2, 0.25) is 5.91 Å². The quantitative estimate of drug-likeness (QED) is 0.492. The molecule has 1 amide bonds. The average Bonchev–Trinajstić information content (AvgIpc) is 3.40. The number of fused-ring (bicyclic) bond motifs is 1. The number of benzene rings is 1. The first kappa shape index (κ1) is 17.1. The van der Waals surface area contributed by atoms with Crippen LogP contribution in [0.1, 0.15) is 25.8 Å². The molecule has 1 fully saturated rings. The number of allylic oxidation sites excluding steroid dienone is 3. The number of aromatic nitrogens is 1. The summed E-state index contributed by atoms with van der Waals surface area (Å²) in [6, 6.07) is 9.79. The molecule has 1 heterocycles. The number of carbonyl (C=O) groups excluding carboxylic acids is 1. The molecule has 1 N–H and O–H groups in total. The van der Waals surface area contributed by atoms with E-state index in [1.54, 1.807) is 12.4 Å². The summed E-state index contributed by atoms with van der Waals surface area (Å²) >= 11 is 0. The second-order valence-corrected chi connectivity index (χ2v) is 6.75. The van der Waals surface area contributed by atoms with Crippen LogP contribution in [0.2, 0.25) is 0 Å². The van der Waals surface area contributed by atoms with Gasteiger partial charge in [0.1, 0.15) is 0 Å². The van der Waals surface area contributed by atoms with Crippen molar-refractivity contribution in [2.45, 2.75) is 20.3 Å². The van der Waals surface area contributed by atoms with Crippen LogP contribution >= 0.6 is 0 Å². The molecule has 1 aromatic heterocycles. The van der Waals surface area contributed by atoms with Crippen LogP contribution in [0.5, 0.6) is 0 Å². The molecule has 0 spiro atoms. The van der Waals surface area contributed by atoms with Gasteiger partial charge < -0.3 is 0 Å². The third kappa shape index (κ3) is 4.21. The Bertz CT molecular complexity index is 851. The fourth-order valence-electron chi connectivity index (χ4n) is 3.01. The van der Waals surface area contributed by atoms with Gasteiger partial charge in [0.15, 0.2) is 0 Å². The molecule has 1 aliphatic carbocycles. The molecule has 0 saturated heterocycles. The maximum absolute atomic E-state index is 12.2. The SMILES string of the molecule is C=C/C(=C\C(C)C)C1CC1C(=O)N/N=C/c1ccc2ncccc2c1. The van der Waals surface area contributed by atoms with E-state index in [0.29, 0.717) is 5.92 Å². The summed E-state index contributed by atoms with van der Waals surface area (Å²) < 4.78 is 0. The minimum Gasteiger partial charge on any atom is -0.273 e. The topological polar surface area (TPSA) is 54.4 Å². The molecule has 2 atom stereocenters. The van der Waals surface area contributed by atoms with Gasteiger partial charge in [-0.2, -0.15) is 5.10 Å². The first-order chi connectivity index (χ1) is 12.1. The van der Waals surface area contributed by atoms with E-state index in [1.165, 1.54) is 5.57 Å². The highest BCUT2D eigenvalue weighted by Crippen LogP contribution is 2.45. The summed E-state index contributed by atoms with van der Waals surface area (Å²) in [5.74, 6) is 0.709. The lowest BCUT2D eigenvalue weighted by Gasteiger charge is -2.03. The van der Waals surface area contributed by atoms with Crippen molar-refractivity contribution < 1.29 is 4.79 Å². The van der Waals surface area contributed by atoms with Gasteiger partial charge in [0.25, 0.3) is 0 Å². The van der Waals surface area contributed by atoms with Crippen molar-refractivity contribution in [3.05, 3.63) is 66.4 Å². The molecule has 25 heavy (non-hydrogen) atoms. The maximum Gasteiger partial charge on any atom is 0.243 e. The Kier molecular flexibility index (Phi) is 5.08. The first-order valence-electron chi connectivity index (χ1n) is 8.60. The minimum absolute atomic E-state index is 0.000883. The van der Waals surface area contributed by atoms with Crippen LogP contribution in [-0.4, -0.2) is 17.1 Å². The van der Waals surface area contributed by atoms with Crippen molar-refractivity contribution in [3.63, 3.8) is 0 Å². The van der Waals surface area contributed by atoms with Crippen LogP contribution in [0.4, 0.5) is 0 Å². The van der Waals surface area contributed by atoms with E-state index >= 15 is 0 Å². The Labute approximate surface area is 148 Å². The average molecular weight is 333 g/mol. The van der Waals surface area contributed by atoms with Gasteiger partial charge in [-0.05, 0) is 47.6 Å². The predicted octanol–water partition coefficient (Wildman–Crippen LogP) is 4.09. The number of hydrogen-bond donors (Lipinski definition) is 1. The van der Waals surface area contributed by atoms with E-state index in [4.69, 9.17) is 0 Å². The molecule has 1 aromatic carbocycles. The highest BCUT2D eigenvalue weighted by molar-refractivity contribution is 5.89. The van der Waals surface area contributed by atoms with Crippen molar-refractivity contribution >= 4 is 23.0 Å². The van der Waals surface area contributed by atoms with Gasteiger partial charge >= 0.3 is 0 Å². The number of carbonyl (C=O) groups is 1. The fourth-order valence-corrected chi connectivity index (χ4v) is 3.01. The number of amides is 1. The first-order valence-corrected chi connectivity index (χ1v) is 8.60. The zero-order valence-corrected chi connectivity index (χ0v) is 14.6. The lowest BCUT2D eigenvalue weighted by Crippen LogP contribution is -2.20. The molecule has 128 valence electrons. The third-order valence-corrected chi connectivity index (χ3v) is 4.33. The molecule has 4 nitrogen and oxygen atoms in total. The lowest BCUT2D eigenvalue weighted by molar-refractivity contribution is -0.122. The van der Waals surface area contributed by atoms with Crippen LogP contribution in [0, 0.1) is 17.8 Å². The third-order valence-electron chi connectivity index (χ3n) is 4.33. The number of hydrazone groups is 1. The maximum atomic E-state index is 12.2. The molecule has 1 saturated carbocycles. The Morgan fingerprint density at radius 2 is 2.20 bits per heavy atom. The minimum atomic E-state index is -0.0276. The van der Waals surface area contributed by atoms with E-state index in [2.05, 4.69) is 42.0 Å². The van der Waals surface area contributed by atoms with E-state index in [9.17, 15) is 4.79 Å². The van der Waals surface area contributed by atoms with Gasteiger partial charge in [-0.3, -0.25) is 9.78 Å². The molecular weight excluding hydrogens is 310 g/mol. The van der Waals surface area contributed by atoms with Crippen LogP contribution in [0.25, 0.3) is 10.9 Å². The molecule has 4 heteroatoms. The Morgan fingerprint density at radius 1 is 1.36 bits per heavy atom. The van der Waals surface area contributed by atoms with E-state index < -0.39 is 0 Å². The normalized spacial score (nSPS) is 20.2. The highest BCUT2D eigenvalue weighted by atomic mass is 16.2. The Balaban J connectivity index is 1.59. The zero-order valence-electron chi connectivity index (χ0n) is 14.6. The van der Waals surface area contributed by atoms with Gasteiger partial charge in [-0.25, -0.2) is 5.43 Å². The van der Waals surface area contributed by atoms with Crippen LogP contribution in [0.3, 0.4) is 0 Å². The molecule has 0 bridgehead atoms. The van der Waals surface area contributed by atoms with Gasteiger partial charge in [0, 0.05) is 17.5 Å². The van der Waals surface area contributed by atoms with Crippen LogP contribution in [0.15, 0.2) is 65.9 Å². The summed E-state index contributed by atoms with van der Waals surface area (Å²) in [6.07, 6.45) is 8.35. The van der Waals surface area contributed by atoms with Crippen LogP contribution < -0.4 is 5.43 Å². The number of hydrogen-bond acceptors (Lipinski definition) is 3. The van der Waals surface area contributed by atoms with Crippen molar-refractivity contribution in [1.82, 2.24) is 10.4 Å². The number of nitrogens with zero attached hydrogens (tertiary/aromatic N) is 2. The predicted molar refractivity (Wildman–Crippen MR) is 102 cm³/mol. The monoisotopic (exact) mass is 333 g/mol. The number of nitrogens with one attached hydrogen (secondary N) is 1. The zero-order chi connectivity index (χ0) is 17.8. The molecule has 2 unspecified atom stereocenters. The number of rotatable bonds is 6. The van der Waals surface area contributed by atoms with Gasteiger partial charge in [-0.1, -0.05) is 44.7 Å².